The fourth-order valence-corrected chi connectivity index (χ4v) is 2.97. The Bertz CT molecular complexity index is 932. The van der Waals surface area contributed by atoms with Gasteiger partial charge in [0.15, 0.2) is 0 Å². The molecular weight excluding hydrogens is 423 g/mol. The number of nitrogens with one attached hydrogen (secondary N) is 1. The third-order valence-electron chi connectivity index (χ3n) is 4.43. The average molecular weight is 451 g/mol. The number of hydrogen-bond donors (Lipinski definition) is 2. The van der Waals surface area contributed by atoms with Gasteiger partial charge in [0.25, 0.3) is 0 Å². The number of carbonyl (C=O) groups is 1. The summed E-state index contributed by atoms with van der Waals surface area (Å²) >= 11 is 0. The quantitative estimate of drug-likeness (QED) is 0.543. The fraction of sp³-hybridized carbons (Fsp3) is 0.273. The molecule has 0 spiro atoms. The first-order chi connectivity index (χ1) is 13.5. The van der Waals surface area contributed by atoms with Crippen LogP contribution in [-0.4, -0.2) is 28.1 Å². The first-order valence-electron chi connectivity index (χ1n) is 9.39. The van der Waals surface area contributed by atoms with Crippen molar-refractivity contribution in [2.75, 3.05) is 11.9 Å². The molecule has 30 heavy (non-hydrogen) atoms. The number of halogens is 2. The number of nitrogens with zero attached hydrogens (tertiary/aromatic N) is 2. The van der Waals surface area contributed by atoms with Crippen LogP contribution in [0, 0.1) is 6.92 Å². The van der Waals surface area contributed by atoms with E-state index in [1.807, 2.05) is 61.0 Å². The van der Waals surface area contributed by atoms with Crippen LogP contribution in [0.25, 0.3) is 0 Å². The lowest BCUT2D eigenvalue weighted by Gasteiger charge is -2.14. The van der Waals surface area contributed by atoms with Crippen molar-refractivity contribution in [3.8, 4) is 5.75 Å². The molecule has 2 aromatic carbocycles. The van der Waals surface area contributed by atoms with Crippen molar-refractivity contribution < 1.29 is 9.53 Å². The van der Waals surface area contributed by atoms with Crippen molar-refractivity contribution in [2.45, 2.75) is 32.9 Å². The third kappa shape index (κ3) is 7.06. The van der Waals surface area contributed by atoms with Gasteiger partial charge in [-0.15, -0.1) is 24.8 Å². The van der Waals surface area contributed by atoms with Crippen LogP contribution in [0.1, 0.15) is 23.7 Å². The maximum absolute atomic E-state index is 12.5. The maximum Gasteiger partial charge on any atom is 0.241 e. The van der Waals surface area contributed by atoms with E-state index in [2.05, 4.69) is 22.4 Å². The second kappa shape index (κ2) is 12.2. The molecule has 0 aliphatic rings. The number of aromatic nitrogens is 2. The summed E-state index contributed by atoms with van der Waals surface area (Å²) in [7, 11) is 0. The predicted molar refractivity (Wildman–Crippen MR) is 125 cm³/mol. The summed E-state index contributed by atoms with van der Waals surface area (Å²) < 4.78 is 7.46. The lowest BCUT2D eigenvalue weighted by Crippen LogP contribution is -2.37. The van der Waals surface area contributed by atoms with Gasteiger partial charge in [-0.3, -0.25) is 4.79 Å². The van der Waals surface area contributed by atoms with Crippen LogP contribution in [0.2, 0.25) is 0 Å². The number of anilines is 1. The molecule has 3 aromatic rings. The summed E-state index contributed by atoms with van der Waals surface area (Å²) in [5.41, 5.74) is 9.75. The first-order valence-corrected chi connectivity index (χ1v) is 9.39. The van der Waals surface area contributed by atoms with E-state index >= 15 is 0 Å². The molecule has 0 radical (unpaired) electrons. The van der Waals surface area contributed by atoms with Crippen LogP contribution in [0.5, 0.6) is 5.75 Å². The SMILES string of the molecule is CCOc1ccc(NC(=O)[C@@H](N)Cc2cn(Cc3ccccc3)cn2)c(C)c1.Cl.Cl. The van der Waals surface area contributed by atoms with E-state index in [0.717, 1.165) is 29.2 Å². The highest BCUT2D eigenvalue weighted by atomic mass is 35.5. The molecule has 3 N–H and O–H groups in total. The van der Waals surface area contributed by atoms with Gasteiger partial charge < -0.3 is 20.4 Å². The van der Waals surface area contributed by atoms with Crippen LogP contribution < -0.4 is 15.8 Å². The number of ether oxygens (including phenoxy) is 1. The van der Waals surface area contributed by atoms with Crippen LogP contribution in [0.4, 0.5) is 5.69 Å². The van der Waals surface area contributed by atoms with Crippen molar-refractivity contribution >= 4 is 36.4 Å². The zero-order chi connectivity index (χ0) is 19.9. The van der Waals surface area contributed by atoms with Gasteiger partial charge in [0.05, 0.1) is 24.7 Å². The molecule has 3 rings (SSSR count). The van der Waals surface area contributed by atoms with Crippen LogP contribution in [0.15, 0.2) is 61.1 Å². The number of benzene rings is 2. The Morgan fingerprint density at radius 2 is 1.93 bits per heavy atom. The monoisotopic (exact) mass is 450 g/mol. The average Bonchev–Trinajstić information content (AvgIpc) is 3.11. The Kier molecular flexibility index (Phi) is 10.4. The lowest BCUT2D eigenvalue weighted by atomic mass is 10.1. The largest absolute Gasteiger partial charge is 0.494 e. The van der Waals surface area contributed by atoms with Crippen molar-refractivity contribution in [3.63, 3.8) is 0 Å². The zero-order valence-corrected chi connectivity index (χ0v) is 18.7. The molecule has 162 valence electrons. The van der Waals surface area contributed by atoms with Gasteiger partial charge in [0.2, 0.25) is 5.91 Å². The topological polar surface area (TPSA) is 82.2 Å². The van der Waals surface area contributed by atoms with E-state index in [1.165, 1.54) is 5.56 Å². The van der Waals surface area contributed by atoms with E-state index in [4.69, 9.17) is 10.5 Å². The minimum absolute atomic E-state index is 0. The molecule has 1 amide bonds. The van der Waals surface area contributed by atoms with Gasteiger partial charge >= 0.3 is 0 Å². The number of amides is 1. The van der Waals surface area contributed by atoms with Gasteiger partial charge in [-0.05, 0) is 43.2 Å². The smallest absolute Gasteiger partial charge is 0.241 e. The van der Waals surface area contributed by atoms with Gasteiger partial charge in [0.1, 0.15) is 5.75 Å². The van der Waals surface area contributed by atoms with Crippen molar-refractivity contribution in [1.29, 1.82) is 0 Å². The fourth-order valence-electron chi connectivity index (χ4n) is 2.97. The molecule has 1 aromatic heterocycles. The second-order valence-corrected chi connectivity index (χ2v) is 6.73. The Balaban J connectivity index is 0.00000225. The zero-order valence-electron chi connectivity index (χ0n) is 17.1. The number of carbonyl (C=O) groups excluding carboxylic acids is 1. The molecule has 0 fully saturated rings. The Hall–Kier alpha value is -2.54. The number of hydrogen-bond acceptors (Lipinski definition) is 4. The van der Waals surface area contributed by atoms with Crippen molar-refractivity contribution in [3.05, 3.63) is 77.9 Å². The summed E-state index contributed by atoms with van der Waals surface area (Å²) in [6.45, 7) is 5.20. The highest BCUT2D eigenvalue weighted by Crippen LogP contribution is 2.21. The molecule has 8 heteroatoms. The van der Waals surface area contributed by atoms with Crippen LogP contribution >= 0.6 is 24.8 Å². The highest BCUT2D eigenvalue weighted by molar-refractivity contribution is 5.95. The Labute approximate surface area is 189 Å². The van der Waals surface area contributed by atoms with Crippen LogP contribution in [0.3, 0.4) is 0 Å². The minimum Gasteiger partial charge on any atom is -0.494 e. The predicted octanol–water partition coefficient (Wildman–Crippen LogP) is 3.99. The normalized spacial score (nSPS) is 11.0. The maximum atomic E-state index is 12.5. The molecule has 1 heterocycles. The molecule has 0 saturated heterocycles. The third-order valence-corrected chi connectivity index (χ3v) is 4.43. The molecular formula is C22H28Cl2N4O2. The van der Waals surface area contributed by atoms with Gasteiger partial charge in [0, 0.05) is 24.8 Å². The van der Waals surface area contributed by atoms with Crippen molar-refractivity contribution in [2.24, 2.45) is 5.73 Å². The summed E-state index contributed by atoms with van der Waals surface area (Å²) in [6.07, 6.45) is 4.08. The van der Waals surface area contributed by atoms with E-state index in [9.17, 15) is 4.79 Å². The standard InChI is InChI=1S/C22H26N4O2.2ClH/c1-3-28-19-9-10-21(16(2)11-19)25-22(27)20(23)12-18-14-26(15-24-18)13-17-7-5-4-6-8-17;;/h4-11,14-15,20H,3,12-13,23H2,1-2H3,(H,25,27);2*1H/t20-;;/m0../s1. The summed E-state index contributed by atoms with van der Waals surface area (Å²) in [5, 5.41) is 2.89. The number of imidazole rings is 1. The van der Waals surface area contributed by atoms with Gasteiger partial charge in [-0.2, -0.15) is 0 Å². The van der Waals surface area contributed by atoms with Crippen LogP contribution in [-0.2, 0) is 17.8 Å². The molecule has 0 aliphatic heterocycles. The lowest BCUT2D eigenvalue weighted by molar-refractivity contribution is -0.117. The summed E-state index contributed by atoms with van der Waals surface area (Å²) in [5.74, 6) is 0.552. The number of rotatable bonds is 8. The molecule has 0 saturated carbocycles. The number of aryl methyl sites for hydroxylation is 1. The van der Waals surface area contributed by atoms with E-state index in [0.29, 0.717) is 13.0 Å². The van der Waals surface area contributed by atoms with E-state index in [1.54, 1.807) is 6.33 Å². The molecule has 0 bridgehead atoms. The summed E-state index contributed by atoms with van der Waals surface area (Å²) in [4.78, 5) is 16.9. The molecule has 0 aliphatic carbocycles. The summed E-state index contributed by atoms with van der Waals surface area (Å²) in [6, 6.07) is 15.0. The van der Waals surface area contributed by atoms with Crippen molar-refractivity contribution in [1.82, 2.24) is 9.55 Å². The Morgan fingerprint density at radius 1 is 1.20 bits per heavy atom. The number of nitrogens with two attached hydrogens (primary N) is 1. The Morgan fingerprint density at radius 3 is 2.60 bits per heavy atom. The molecule has 6 nitrogen and oxygen atoms in total. The van der Waals surface area contributed by atoms with Gasteiger partial charge in [-0.1, -0.05) is 30.3 Å². The van der Waals surface area contributed by atoms with Gasteiger partial charge in [-0.25, -0.2) is 4.98 Å². The highest BCUT2D eigenvalue weighted by Gasteiger charge is 2.17. The van der Waals surface area contributed by atoms with E-state index in [-0.39, 0.29) is 30.7 Å². The molecule has 1 atom stereocenters. The first kappa shape index (κ1) is 25.5. The van der Waals surface area contributed by atoms with E-state index < -0.39 is 6.04 Å². The second-order valence-electron chi connectivity index (χ2n) is 6.73. The molecule has 0 unspecified atom stereocenters. The minimum atomic E-state index is -0.675.